The van der Waals surface area contributed by atoms with Crippen LogP contribution in [0.25, 0.3) is 0 Å². The van der Waals surface area contributed by atoms with Crippen molar-refractivity contribution in [1.29, 1.82) is 0 Å². The van der Waals surface area contributed by atoms with Gasteiger partial charge >= 0.3 is 7.60 Å². The third-order valence-electron chi connectivity index (χ3n) is 12.8. The van der Waals surface area contributed by atoms with E-state index in [0.29, 0.717) is 18.4 Å². The first-order chi connectivity index (χ1) is 18.4. The third kappa shape index (κ3) is 4.23. The molecule has 2 aromatic carbocycles. The van der Waals surface area contributed by atoms with Crippen molar-refractivity contribution >= 4 is 7.60 Å². The summed E-state index contributed by atoms with van der Waals surface area (Å²) in [6.07, 6.45) is 6.51. The minimum Gasteiger partial charge on any atom is -0.303 e. The lowest BCUT2D eigenvalue weighted by molar-refractivity contribution is -0.0174. The zero-order chi connectivity index (χ0) is 27.7. The van der Waals surface area contributed by atoms with Crippen LogP contribution in [0.15, 0.2) is 60.7 Å². The number of fused-ring (bicyclic) bond motifs is 4. The topological polar surface area (TPSA) is 47.6 Å². The van der Waals surface area contributed by atoms with Crippen molar-refractivity contribution in [3.05, 3.63) is 71.8 Å². The van der Waals surface area contributed by atoms with Gasteiger partial charge in [0.25, 0.3) is 0 Å². The highest BCUT2D eigenvalue weighted by molar-refractivity contribution is 7.54. The summed E-state index contributed by atoms with van der Waals surface area (Å²) in [6.45, 7) is 14.9. The lowest BCUT2D eigenvalue weighted by atomic mass is 9.70. The number of hydrogen-bond donors (Lipinski definition) is 1. The van der Waals surface area contributed by atoms with Crippen molar-refractivity contribution in [2.45, 2.75) is 105 Å². The van der Waals surface area contributed by atoms with Crippen molar-refractivity contribution in [1.82, 2.24) is 5.32 Å². The highest BCUT2D eigenvalue weighted by Crippen LogP contribution is 2.74. The summed E-state index contributed by atoms with van der Waals surface area (Å²) in [5.41, 5.74) is 2.46. The standard InChI is InChI=1S/C34H48NO3P/c1-31(2)26-17-19-33(31,5)28(21-26)37-39(36,38-29-22-27-18-20-34(29,6)32(27,3)4)30(25-15-11-8-12-16-25)35-23-24-13-9-7-10-14-24/h7-16,26-30,35H,17-23H2,1-6H3/t26-,27-,28+,29+,30-,33-,34-/m0/s1. The normalized spacial score (nSPS) is 36.9. The molecule has 0 spiro atoms. The van der Waals surface area contributed by atoms with E-state index in [1.54, 1.807) is 0 Å². The molecule has 7 atom stereocenters. The van der Waals surface area contributed by atoms with Crippen LogP contribution >= 0.6 is 7.60 Å². The van der Waals surface area contributed by atoms with E-state index in [0.717, 1.165) is 36.8 Å². The van der Waals surface area contributed by atoms with Crippen LogP contribution in [0, 0.1) is 33.5 Å². The Hall–Kier alpha value is -1.45. The molecule has 0 saturated heterocycles. The van der Waals surface area contributed by atoms with Crippen molar-refractivity contribution < 1.29 is 13.6 Å². The fourth-order valence-corrected chi connectivity index (χ4v) is 11.4. The number of benzene rings is 2. The lowest BCUT2D eigenvalue weighted by Gasteiger charge is -2.44. The molecule has 6 rings (SSSR count). The minimum atomic E-state index is -3.66. The molecule has 0 heterocycles. The summed E-state index contributed by atoms with van der Waals surface area (Å²) in [5.74, 6) is 0.676. The zero-order valence-corrected chi connectivity index (χ0v) is 25.7. The maximum absolute atomic E-state index is 15.6. The van der Waals surface area contributed by atoms with Crippen LogP contribution in [0.2, 0.25) is 0 Å². The van der Waals surface area contributed by atoms with E-state index in [2.05, 4.69) is 83.3 Å². The summed E-state index contributed by atoms with van der Waals surface area (Å²) in [4.78, 5) is 0. The molecule has 4 aliphatic rings. The van der Waals surface area contributed by atoms with E-state index in [-0.39, 0.29) is 33.9 Å². The van der Waals surface area contributed by atoms with Crippen LogP contribution in [-0.4, -0.2) is 12.2 Å². The van der Waals surface area contributed by atoms with Crippen molar-refractivity contribution in [2.75, 3.05) is 0 Å². The van der Waals surface area contributed by atoms with E-state index < -0.39 is 13.4 Å². The van der Waals surface area contributed by atoms with Gasteiger partial charge in [-0.05, 0) is 83.1 Å². The van der Waals surface area contributed by atoms with E-state index in [1.165, 1.54) is 12.8 Å². The Balaban J connectivity index is 1.38. The van der Waals surface area contributed by atoms with Crippen LogP contribution in [0.1, 0.15) is 97.0 Å². The summed E-state index contributed by atoms with van der Waals surface area (Å²) in [5, 5.41) is 3.68. The molecule has 4 bridgehead atoms. The fourth-order valence-electron chi connectivity index (χ4n) is 8.94. The number of nitrogens with one attached hydrogen (secondary N) is 1. The van der Waals surface area contributed by atoms with Gasteiger partial charge in [-0.15, -0.1) is 0 Å². The van der Waals surface area contributed by atoms with Crippen molar-refractivity contribution in [2.24, 2.45) is 33.5 Å². The number of hydrogen-bond acceptors (Lipinski definition) is 4. The molecule has 4 saturated carbocycles. The summed E-state index contributed by atoms with van der Waals surface area (Å²) < 4.78 is 29.7. The molecule has 4 aliphatic carbocycles. The third-order valence-corrected chi connectivity index (χ3v) is 15.0. The van der Waals surface area contributed by atoms with Gasteiger partial charge in [-0.2, -0.15) is 0 Å². The maximum Gasteiger partial charge on any atom is 0.352 e. The highest BCUT2D eigenvalue weighted by atomic mass is 31.2. The second-order valence-corrected chi connectivity index (χ2v) is 16.6. The number of rotatable bonds is 9. The van der Waals surface area contributed by atoms with Gasteiger partial charge in [0.05, 0.1) is 12.2 Å². The summed E-state index contributed by atoms with van der Waals surface area (Å²) in [7, 11) is -3.66. The predicted octanol–water partition coefficient (Wildman–Crippen LogP) is 9.13. The van der Waals surface area contributed by atoms with Crippen LogP contribution in [0.3, 0.4) is 0 Å². The largest absolute Gasteiger partial charge is 0.352 e. The quantitative estimate of drug-likeness (QED) is 0.317. The van der Waals surface area contributed by atoms with E-state index in [4.69, 9.17) is 9.05 Å². The molecule has 0 aromatic heterocycles. The SMILES string of the molecule is CC1(C)[C@H]2CC[C@@]1(C)[C@H](OP(=O)(O[C@@H]1C[C@@H]3CC[C@]1(C)C3(C)C)[C@H](NCc1ccccc1)c1ccccc1)C2. The van der Waals surface area contributed by atoms with Crippen molar-refractivity contribution in [3.63, 3.8) is 0 Å². The zero-order valence-electron chi connectivity index (χ0n) is 24.8. The average Bonchev–Trinajstić information content (AvgIpc) is 3.42. The minimum absolute atomic E-state index is 0.00475. The molecular weight excluding hydrogens is 501 g/mol. The Morgan fingerprint density at radius 2 is 1.23 bits per heavy atom. The highest BCUT2D eigenvalue weighted by Gasteiger charge is 2.66. The van der Waals surface area contributed by atoms with Gasteiger partial charge in [0, 0.05) is 6.54 Å². The monoisotopic (exact) mass is 549 g/mol. The van der Waals surface area contributed by atoms with Gasteiger partial charge in [0.1, 0.15) is 5.78 Å². The molecule has 0 aliphatic heterocycles. The molecule has 2 aromatic rings. The van der Waals surface area contributed by atoms with Gasteiger partial charge in [-0.1, -0.05) is 102 Å². The average molecular weight is 550 g/mol. The van der Waals surface area contributed by atoms with E-state index >= 15 is 4.57 Å². The maximum atomic E-state index is 15.6. The van der Waals surface area contributed by atoms with Crippen LogP contribution in [0.4, 0.5) is 0 Å². The molecule has 0 amide bonds. The fraction of sp³-hybridized carbons (Fsp3) is 0.647. The van der Waals surface area contributed by atoms with Gasteiger partial charge in [-0.25, -0.2) is 0 Å². The molecular formula is C34H48NO3P. The van der Waals surface area contributed by atoms with Crippen LogP contribution in [0.5, 0.6) is 0 Å². The van der Waals surface area contributed by atoms with Gasteiger partial charge in [0.2, 0.25) is 0 Å². The van der Waals surface area contributed by atoms with Crippen molar-refractivity contribution in [3.8, 4) is 0 Å². The van der Waals surface area contributed by atoms with E-state index in [1.807, 2.05) is 24.3 Å². The molecule has 1 N–H and O–H groups in total. The molecule has 0 unspecified atom stereocenters. The van der Waals surface area contributed by atoms with E-state index in [9.17, 15) is 0 Å². The van der Waals surface area contributed by atoms with Gasteiger partial charge in [-0.3, -0.25) is 9.88 Å². The predicted molar refractivity (Wildman–Crippen MR) is 158 cm³/mol. The molecule has 39 heavy (non-hydrogen) atoms. The Morgan fingerprint density at radius 1 is 0.769 bits per heavy atom. The first-order valence-electron chi connectivity index (χ1n) is 15.2. The molecule has 5 heteroatoms. The Morgan fingerprint density at radius 3 is 1.64 bits per heavy atom. The summed E-state index contributed by atoms with van der Waals surface area (Å²) >= 11 is 0. The van der Waals surface area contributed by atoms with Crippen LogP contribution in [-0.2, 0) is 20.2 Å². The molecule has 4 fully saturated rings. The Kier molecular flexibility index (Phi) is 6.78. The molecule has 4 nitrogen and oxygen atoms in total. The Bertz CT molecular complexity index is 1180. The molecule has 0 radical (unpaired) electrons. The summed E-state index contributed by atoms with van der Waals surface area (Å²) in [6, 6.07) is 20.6. The second kappa shape index (κ2) is 9.55. The first kappa shape index (κ1) is 27.7. The van der Waals surface area contributed by atoms with Gasteiger partial charge in [0.15, 0.2) is 0 Å². The lowest BCUT2D eigenvalue weighted by Crippen LogP contribution is -2.40. The smallest absolute Gasteiger partial charge is 0.303 e. The second-order valence-electron chi connectivity index (χ2n) is 14.6. The first-order valence-corrected chi connectivity index (χ1v) is 16.8. The van der Waals surface area contributed by atoms with Crippen LogP contribution < -0.4 is 5.32 Å². The molecule has 212 valence electrons. The van der Waals surface area contributed by atoms with Gasteiger partial charge < -0.3 is 9.05 Å². The Labute approximate surface area is 236 Å².